The van der Waals surface area contributed by atoms with Crippen LogP contribution in [0, 0.1) is 23.6 Å². The Morgan fingerprint density at radius 3 is 2.47 bits per heavy atom. The van der Waals surface area contributed by atoms with Crippen molar-refractivity contribution >= 4 is 43.3 Å². The molecule has 7 nitrogen and oxygen atoms in total. The van der Waals surface area contributed by atoms with E-state index in [4.69, 9.17) is 4.74 Å². The molecular weight excluding hydrogens is 572 g/mol. The Kier molecular flexibility index (Phi) is 6.90. The molecule has 0 radical (unpaired) electrons. The molecule has 36 heavy (non-hydrogen) atoms. The molecule has 2 aliphatic rings. The van der Waals surface area contributed by atoms with Crippen LogP contribution in [0.5, 0.6) is 5.75 Å². The van der Waals surface area contributed by atoms with Crippen molar-refractivity contribution < 1.29 is 40.3 Å². The minimum absolute atomic E-state index is 0.00408. The lowest BCUT2D eigenvalue weighted by Gasteiger charge is -2.28. The average molecular weight is 591 g/mol. The Morgan fingerprint density at radius 1 is 1.11 bits per heavy atom. The van der Waals surface area contributed by atoms with E-state index in [1.165, 1.54) is 19.2 Å². The number of benzene rings is 2. The van der Waals surface area contributed by atoms with Gasteiger partial charge in [-0.2, -0.15) is 13.2 Å². The number of hydrogen-bond acceptors (Lipinski definition) is 5. The van der Waals surface area contributed by atoms with Crippen LogP contribution in [-0.2, 0) is 14.6 Å². The number of hydrogen-bond donors (Lipinski definition) is 2. The number of carbonyl (C=O) groups excluding carboxylic acids is 2. The molecule has 0 spiro atoms. The van der Waals surface area contributed by atoms with Gasteiger partial charge in [0.1, 0.15) is 11.6 Å². The van der Waals surface area contributed by atoms with Gasteiger partial charge in [-0.1, -0.05) is 18.2 Å². The standard InChI is InChI=1S/C23H19BrF4N2O5S/c1-35-18-10-17(25)16(24)9-15(18)21(31)30-20-12-6-5-11(7-12)19(20)22(32)29-13-3-2-4-14(8-13)36(33,34)23(26,27)28/h2-6,8-12,19-20H,7H2,1H3,(H,29,32)(H,30,31). The predicted molar refractivity (Wildman–Crippen MR) is 124 cm³/mol. The third-order valence-electron chi connectivity index (χ3n) is 6.26. The van der Waals surface area contributed by atoms with Gasteiger partial charge in [0.15, 0.2) is 0 Å². The van der Waals surface area contributed by atoms with Gasteiger partial charge in [-0.25, -0.2) is 12.8 Å². The zero-order chi connectivity index (χ0) is 26.4. The highest BCUT2D eigenvalue weighted by atomic mass is 79.9. The number of nitrogens with one attached hydrogen (secondary N) is 2. The van der Waals surface area contributed by atoms with Crippen LogP contribution >= 0.6 is 15.9 Å². The molecule has 0 heterocycles. The quantitative estimate of drug-likeness (QED) is 0.382. The molecular formula is C23H19BrF4N2O5S. The first-order valence-corrected chi connectivity index (χ1v) is 12.9. The van der Waals surface area contributed by atoms with E-state index in [2.05, 4.69) is 26.6 Å². The summed E-state index contributed by atoms with van der Waals surface area (Å²) in [5.41, 5.74) is -5.58. The third-order valence-corrected chi connectivity index (χ3v) is 8.36. The summed E-state index contributed by atoms with van der Waals surface area (Å²) in [6, 6.07) is 5.52. The van der Waals surface area contributed by atoms with E-state index in [1.54, 1.807) is 0 Å². The molecule has 2 aromatic rings. The molecule has 192 valence electrons. The number of amides is 2. The lowest BCUT2D eigenvalue weighted by atomic mass is 9.87. The zero-order valence-electron chi connectivity index (χ0n) is 18.5. The zero-order valence-corrected chi connectivity index (χ0v) is 20.9. The molecule has 2 N–H and O–H groups in total. The molecule has 4 rings (SSSR count). The summed E-state index contributed by atoms with van der Waals surface area (Å²) >= 11 is 3.03. The van der Waals surface area contributed by atoms with Crippen molar-refractivity contribution in [1.29, 1.82) is 0 Å². The summed E-state index contributed by atoms with van der Waals surface area (Å²) in [7, 11) is -4.31. The first kappa shape index (κ1) is 26.1. The summed E-state index contributed by atoms with van der Waals surface area (Å²) in [4.78, 5) is 25.2. The minimum Gasteiger partial charge on any atom is -0.496 e. The van der Waals surface area contributed by atoms with Gasteiger partial charge >= 0.3 is 5.51 Å². The highest BCUT2D eigenvalue weighted by Crippen LogP contribution is 2.44. The summed E-state index contributed by atoms with van der Waals surface area (Å²) < 4.78 is 81.2. The Hall–Kier alpha value is -2.93. The van der Waals surface area contributed by atoms with Crippen LogP contribution in [0.3, 0.4) is 0 Å². The Morgan fingerprint density at radius 2 is 1.81 bits per heavy atom. The van der Waals surface area contributed by atoms with Crippen LogP contribution in [0.25, 0.3) is 0 Å². The van der Waals surface area contributed by atoms with Gasteiger partial charge in [-0.15, -0.1) is 0 Å². The SMILES string of the molecule is COc1cc(F)c(Br)cc1C(=O)NC1C2C=CC(C2)C1C(=O)Nc1cccc(S(=O)(=O)C(F)(F)F)c1. The van der Waals surface area contributed by atoms with E-state index >= 15 is 0 Å². The topological polar surface area (TPSA) is 102 Å². The molecule has 13 heteroatoms. The van der Waals surface area contributed by atoms with E-state index in [0.29, 0.717) is 6.42 Å². The number of anilines is 1. The van der Waals surface area contributed by atoms with Gasteiger partial charge in [0.25, 0.3) is 15.7 Å². The number of sulfone groups is 1. The smallest absolute Gasteiger partial charge is 0.496 e. The number of methoxy groups -OCH3 is 1. The average Bonchev–Trinajstić information content (AvgIpc) is 3.41. The van der Waals surface area contributed by atoms with E-state index in [-0.39, 0.29) is 33.3 Å². The van der Waals surface area contributed by atoms with Crippen molar-refractivity contribution in [1.82, 2.24) is 5.32 Å². The first-order valence-electron chi connectivity index (χ1n) is 10.6. The fraction of sp³-hybridized carbons (Fsp3) is 0.304. The van der Waals surface area contributed by atoms with Crippen molar-refractivity contribution in [2.45, 2.75) is 22.9 Å². The molecule has 1 fully saturated rings. The normalized spacial score (nSPS) is 22.9. The summed E-state index contributed by atoms with van der Waals surface area (Å²) in [6.45, 7) is 0. The van der Waals surface area contributed by atoms with Gasteiger partial charge in [-0.05, 0) is 58.5 Å². The largest absolute Gasteiger partial charge is 0.501 e. The molecule has 2 aromatic carbocycles. The van der Waals surface area contributed by atoms with Crippen molar-refractivity contribution in [3.8, 4) is 5.75 Å². The molecule has 2 amide bonds. The highest BCUT2D eigenvalue weighted by molar-refractivity contribution is 9.10. The summed E-state index contributed by atoms with van der Waals surface area (Å²) in [5.74, 6) is -3.03. The maximum absolute atomic E-state index is 13.9. The number of ether oxygens (including phenoxy) is 1. The van der Waals surface area contributed by atoms with Crippen molar-refractivity contribution in [2.75, 3.05) is 12.4 Å². The van der Waals surface area contributed by atoms with Crippen molar-refractivity contribution in [3.05, 3.63) is 64.4 Å². The fourth-order valence-corrected chi connectivity index (χ4v) is 5.73. The minimum atomic E-state index is -5.59. The molecule has 0 saturated heterocycles. The van der Waals surface area contributed by atoms with E-state index in [9.17, 15) is 35.6 Å². The number of fused-ring (bicyclic) bond motifs is 2. The summed E-state index contributed by atoms with van der Waals surface area (Å²) in [6.07, 6.45) is 4.26. The van der Waals surface area contributed by atoms with Crippen molar-refractivity contribution in [2.24, 2.45) is 17.8 Å². The van der Waals surface area contributed by atoms with Crippen LogP contribution in [0.2, 0.25) is 0 Å². The van der Waals surface area contributed by atoms with Crippen LogP contribution in [0.1, 0.15) is 16.8 Å². The van der Waals surface area contributed by atoms with Crippen LogP contribution in [0.4, 0.5) is 23.2 Å². The molecule has 1 saturated carbocycles. The molecule has 4 unspecified atom stereocenters. The second kappa shape index (κ2) is 9.51. The Labute approximate surface area is 211 Å². The molecule has 0 aromatic heterocycles. The molecule has 2 bridgehead atoms. The number of alkyl halides is 3. The lowest BCUT2D eigenvalue weighted by molar-refractivity contribution is -0.121. The summed E-state index contributed by atoms with van der Waals surface area (Å²) in [5, 5.41) is 5.28. The second-order valence-electron chi connectivity index (χ2n) is 8.41. The second-order valence-corrected chi connectivity index (χ2v) is 11.2. The van der Waals surface area contributed by atoms with Gasteiger partial charge in [-0.3, -0.25) is 9.59 Å². The van der Waals surface area contributed by atoms with E-state index in [0.717, 1.165) is 24.3 Å². The maximum Gasteiger partial charge on any atom is 0.501 e. The van der Waals surface area contributed by atoms with Gasteiger partial charge in [0.05, 0.1) is 28.0 Å². The van der Waals surface area contributed by atoms with Crippen LogP contribution in [0.15, 0.2) is 57.9 Å². The number of allylic oxidation sites excluding steroid dienone is 1. The number of rotatable bonds is 6. The predicted octanol–water partition coefficient (Wildman–Crippen LogP) is 4.45. The van der Waals surface area contributed by atoms with Crippen molar-refractivity contribution in [3.63, 3.8) is 0 Å². The van der Waals surface area contributed by atoms with Gasteiger partial charge in [0.2, 0.25) is 5.91 Å². The van der Waals surface area contributed by atoms with Gasteiger partial charge < -0.3 is 15.4 Å². The third kappa shape index (κ3) is 4.73. The van der Waals surface area contributed by atoms with E-state index < -0.39 is 49.8 Å². The molecule has 2 aliphatic carbocycles. The van der Waals surface area contributed by atoms with E-state index in [1.807, 2.05) is 12.2 Å². The van der Waals surface area contributed by atoms with Crippen LogP contribution in [-0.4, -0.2) is 38.9 Å². The molecule has 0 aliphatic heterocycles. The Balaban J connectivity index is 1.56. The number of halogens is 5. The van der Waals surface area contributed by atoms with Gasteiger partial charge in [0, 0.05) is 17.8 Å². The Bertz CT molecular complexity index is 1360. The lowest BCUT2D eigenvalue weighted by Crippen LogP contribution is -2.47. The maximum atomic E-state index is 13.9. The monoisotopic (exact) mass is 590 g/mol. The van der Waals surface area contributed by atoms with Crippen LogP contribution < -0.4 is 15.4 Å². The highest BCUT2D eigenvalue weighted by Gasteiger charge is 2.49. The number of carbonyl (C=O) groups is 2. The molecule has 4 atom stereocenters. The first-order chi connectivity index (χ1) is 16.8. The fourth-order valence-electron chi connectivity index (χ4n) is 4.58.